The molecule has 7 nitrogen and oxygen atoms in total. The topological polar surface area (TPSA) is 91.1 Å². The summed E-state index contributed by atoms with van der Waals surface area (Å²) in [5, 5.41) is 27.7. The third-order valence-corrected chi connectivity index (χ3v) is 9.56. The van der Waals surface area contributed by atoms with E-state index >= 15 is 0 Å². The van der Waals surface area contributed by atoms with Gasteiger partial charge in [-0.25, -0.2) is 0 Å². The molecule has 1 fully saturated rings. The molecule has 3 atom stereocenters. The number of furan rings is 2. The van der Waals surface area contributed by atoms with Gasteiger partial charge < -0.3 is 13.4 Å². The van der Waals surface area contributed by atoms with Crippen LogP contribution in [-0.2, 0) is 0 Å². The van der Waals surface area contributed by atoms with E-state index in [1.165, 1.54) is 10.8 Å². The molecule has 3 N–H and O–H groups in total. The molecule has 1 saturated heterocycles. The summed E-state index contributed by atoms with van der Waals surface area (Å²) >= 11 is 0. The third-order valence-electron chi connectivity index (χ3n) is 9.56. The van der Waals surface area contributed by atoms with Gasteiger partial charge in [-0.1, -0.05) is 84.9 Å². The SMILES string of the molecule is N#Cc1cccc(C2NC(c3cccc4c3oc3c4ccc4c5ccccc5oc43)NC(n3c4ccccc4c4ccccc43)N2)c1. The molecule has 47 heavy (non-hydrogen) atoms. The molecule has 1 aliphatic rings. The number of hydrogen-bond acceptors (Lipinski definition) is 6. The Balaban J connectivity index is 1.17. The first-order valence-corrected chi connectivity index (χ1v) is 15.8. The lowest BCUT2D eigenvalue weighted by Crippen LogP contribution is -2.56. The van der Waals surface area contributed by atoms with E-state index in [4.69, 9.17) is 8.83 Å². The summed E-state index contributed by atoms with van der Waals surface area (Å²) in [5.41, 5.74) is 7.96. The molecular weight excluding hydrogens is 582 g/mol. The van der Waals surface area contributed by atoms with Crippen LogP contribution in [0, 0.1) is 11.3 Å². The number of nitrogens with zero attached hydrogens (tertiary/aromatic N) is 2. The normalized spacial score (nSPS) is 18.6. The fourth-order valence-electron chi connectivity index (χ4n) is 7.45. The van der Waals surface area contributed by atoms with Crippen LogP contribution in [0.1, 0.15) is 35.3 Å². The van der Waals surface area contributed by atoms with Gasteiger partial charge in [0.2, 0.25) is 0 Å². The Morgan fingerprint density at radius 3 is 1.94 bits per heavy atom. The van der Waals surface area contributed by atoms with Crippen molar-refractivity contribution in [2.75, 3.05) is 0 Å². The summed E-state index contributed by atoms with van der Waals surface area (Å²) in [4.78, 5) is 0. The summed E-state index contributed by atoms with van der Waals surface area (Å²) in [6.45, 7) is 0. The molecule has 10 rings (SSSR count). The quantitative estimate of drug-likeness (QED) is 0.185. The number of nitriles is 1. The van der Waals surface area contributed by atoms with Crippen LogP contribution in [0.3, 0.4) is 0 Å². The van der Waals surface area contributed by atoms with E-state index < -0.39 is 0 Å². The second-order valence-corrected chi connectivity index (χ2v) is 12.2. The van der Waals surface area contributed by atoms with Crippen molar-refractivity contribution in [2.45, 2.75) is 18.6 Å². The van der Waals surface area contributed by atoms with Crippen molar-refractivity contribution in [3.8, 4) is 6.07 Å². The van der Waals surface area contributed by atoms with E-state index in [2.05, 4.69) is 118 Å². The lowest BCUT2D eigenvalue weighted by atomic mass is 10.0. The van der Waals surface area contributed by atoms with Crippen LogP contribution >= 0.6 is 0 Å². The van der Waals surface area contributed by atoms with Gasteiger partial charge in [-0.3, -0.25) is 16.0 Å². The molecule has 4 heterocycles. The Hall–Kier alpha value is -5.91. The van der Waals surface area contributed by atoms with Crippen molar-refractivity contribution in [3.63, 3.8) is 0 Å². The first-order chi connectivity index (χ1) is 23.2. The molecule has 7 heteroatoms. The zero-order valence-corrected chi connectivity index (χ0v) is 25.1. The number of benzene rings is 6. The van der Waals surface area contributed by atoms with Gasteiger partial charge in [0.15, 0.2) is 11.2 Å². The number of rotatable bonds is 3. The molecule has 0 bridgehead atoms. The van der Waals surface area contributed by atoms with Crippen molar-refractivity contribution in [1.29, 1.82) is 5.26 Å². The average Bonchev–Trinajstić information content (AvgIpc) is 3.81. The van der Waals surface area contributed by atoms with Gasteiger partial charge >= 0.3 is 0 Å². The molecule has 1 aliphatic heterocycles. The molecular formula is C40H27N5O2. The molecule has 0 amide bonds. The molecule has 3 aromatic heterocycles. The highest BCUT2D eigenvalue weighted by atomic mass is 16.4. The third kappa shape index (κ3) is 3.90. The average molecular weight is 610 g/mol. The maximum atomic E-state index is 9.71. The second kappa shape index (κ2) is 10.0. The number of aromatic nitrogens is 1. The van der Waals surface area contributed by atoms with E-state index in [1.54, 1.807) is 0 Å². The Bertz CT molecular complexity index is 2670. The summed E-state index contributed by atoms with van der Waals surface area (Å²) in [6, 6.07) is 45.7. The van der Waals surface area contributed by atoms with E-state index in [0.717, 1.165) is 66.0 Å². The maximum Gasteiger partial charge on any atom is 0.178 e. The second-order valence-electron chi connectivity index (χ2n) is 12.2. The first-order valence-electron chi connectivity index (χ1n) is 15.8. The summed E-state index contributed by atoms with van der Waals surface area (Å²) in [6.07, 6.45) is -0.892. The van der Waals surface area contributed by atoms with Crippen molar-refractivity contribution in [3.05, 3.63) is 144 Å². The van der Waals surface area contributed by atoms with Crippen LogP contribution < -0.4 is 16.0 Å². The molecule has 3 unspecified atom stereocenters. The van der Waals surface area contributed by atoms with Gasteiger partial charge in [-0.15, -0.1) is 0 Å². The van der Waals surface area contributed by atoms with E-state index in [-0.39, 0.29) is 18.6 Å². The summed E-state index contributed by atoms with van der Waals surface area (Å²) in [5.74, 6) is 0. The first kappa shape index (κ1) is 26.3. The fourth-order valence-corrected chi connectivity index (χ4v) is 7.45. The van der Waals surface area contributed by atoms with Gasteiger partial charge in [0.1, 0.15) is 17.5 Å². The zero-order chi connectivity index (χ0) is 31.1. The molecule has 9 aromatic rings. The van der Waals surface area contributed by atoms with E-state index in [1.807, 2.05) is 36.4 Å². The standard InChI is InChI=1S/C40H27N5O2/c41-22-23-9-7-10-24(21-23)38-42-39(44-40(43-38)45-32-16-4-1-11-25(32)26-12-2-5-17-33(26)45)31-15-8-14-28-30-20-19-29-27-13-3-6-18-34(27)46-36(29)37(30)47-35(28)31/h1-21,38-40,42-44H. The predicted molar refractivity (Wildman–Crippen MR) is 186 cm³/mol. The van der Waals surface area contributed by atoms with Crippen molar-refractivity contribution >= 4 is 65.7 Å². The largest absolute Gasteiger partial charge is 0.452 e. The molecule has 0 spiro atoms. The zero-order valence-electron chi connectivity index (χ0n) is 25.1. The lowest BCUT2D eigenvalue weighted by molar-refractivity contribution is 0.161. The molecule has 224 valence electrons. The predicted octanol–water partition coefficient (Wildman–Crippen LogP) is 9.10. The van der Waals surface area contributed by atoms with Gasteiger partial charge in [0.05, 0.1) is 35.0 Å². The van der Waals surface area contributed by atoms with Crippen molar-refractivity contribution < 1.29 is 8.83 Å². The van der Waals surface area contributed by atoms with Crippen molar-refractivity contribution in [2.24, 2.45) is 0 Å². The fraction of sp³-hybridized carbons (Fsp3) is 0.0750. The molecule has 0 saturated carbocycles. The summed E-state index contributed by atoms with van der Waals surface area (Å²) < 4.78 is 15.5. The maximum absolute atomic E-state index is 9.71. The van der Waals surface area contributed by atoms with Crippen LogP contribution in [0.5, 0.6) is 0 Å². The molecule has 6 aromatic carbocycles. The summed E-state index contributed by atoms with van der Waals surface area (Å²) in [7, 11) is 0. The van der Waals surface area contributed by atoms with Gasteiger partial charge in [0, 0.05) is 37.9 Å². The highest BCUT2D eigenvalue weighted by Gasteiger charge is 2.33. The molecule has 0 aliphatic carbocycles. The van der Waals surface area contributed by atoms with Crippen LogP contribution in [0.25, 0.3) is 65.7 Å². The van der Waals surface area contributed by atoms with Crippen LogP contribution in [0.15, 0.2) is 136 Å². The number of fused-ring (bicyclic) bond motifs is 10. The minimum Gasteiger partial charge on any atom is -0.452 e. The Morgan fingerprint density at radius 1 is 0.532 bits per heavy atom. The van der Waals surface area contributed by atoms with Gasteiger partial charge in [-0.05, 0) is 48.0 Å². The smallest absolute Gasteiger partial charge is 0.178 e. The number of nitrogens with one attached hydrogen (secondary N) is 3. The molecule has 0 radical (unpaired) electrons. The van der Waals surface area contributed by atoms with Crippen molar-refractivity contribution in [1.82, 2.24) is 20.5 Å². The van der Waals surface area contributed by atoms with E-state index in [0.29, 0.717) is 5.56 Å². The Kier molecular flexibility index (Phi) is 5.63. The van der Waals surface area contributed by atoms with Gasteiger partial charge in [0.25, 0.3) is 0 Å². The minimum atomic E-state index is -0.313. The van der Waals surface area contributed by atoms with Crippen LogP contribution in [0.4, 0.5) is 0 Å². The Labute approximate surface area is 268 Å². The highest BCUT2D eigenvalue weighted by molar-refractivity contribution is 6.19. The van der Waals surface area contributed by atoms with E-state index in [9.17, 15) is 5.26 Å². The Morgan fingerprint density at radius 2 is 1.15 bits per heavy atom. The minimum absolute atomic E-state index is 0.277. The van der Waals surface area contributed by atoms with Gasteiger partial charge in [-0.2, -0.15) is 5.26 Å². The van der Waals surface area contributed by atoms with Crippen LogP contribution in [0.2, 0.25) is 0 Å². The monoisotopic (exact) mass is 609 g/mol. The lowest BCUT2D eigenvalue weighted by Gasteiger charge is -2.40. The number of para-hydroxylation sites is 4. The highest BCUT2D eigenvalue weighted by Crippen LogP contribution is 2.41. The number of hydrogen-bond donors (Lipinski definition) is 3. The van der Waals surface area contributed by atoms with Crippen LogP contribution in [-0.4, -0.2) is 4.57 Å².